The number of nitriles is 1. The fourth-order valence-corrected chi connectivity index (χ4v) is 1.97. The molecule has 5 heteroatoms. The smallest absolute Gasteiger partial charge is 0.120 e. The largest absolute Gasteiger partial charge is 0.379 e. The van der Waals surface area contributed by atoms with Gasteiger partial charge in [0.15, 0.2) is 0 Å². The van der Waals surface area contributed by atoms with Crippen molar-refractivity contribution in [3.05, 3.63) is 23.0 Å². The van der Waals surface area contributed by atoms with E-state index in [1.165, 1.54) is 5.56 Å². The highest BCUT2D eigenvalue weighted by molar-refractivity contribution is 5.33. The van der Waals surface area contributed by atoms with Gasteiger partial charge in [0.2, 0.25) is 0 Å². The first kappa shape index (κ1) is 12.1. The summed E-state index contributed by atoms with van der Waals surface area (Å²) < 4.78 is 7.21. The maximum absolute atomic E-state index is 8.95. The van der Waals surface area contributed by atoms with E-state index in [2.05, 4.69) is 16.5 Å². The van der Waals surface area contributed by atoms with Crippen molar-refractivity contribution in [2.24, 2.45) is 7.05 Å². The summed E-state index contributed by atoms with van der Waals surface area (Å²) in [7, 11) is 1.92. The van der Waals surface area contributed by atoms with Gasteiger partial charge in [-0.15, -0.1) is 0 Å². The molecule has 92 valence electrons. The molecule has 0 atom stereocenters. The molecule has 0 spiro atoms. The van der Waals surface area contributed by atoms with Crippen molar-refractivity contribution in [1.82, 2.24) is 15.0 Å². The average Bonchev–Trinajstić information content (AvgIpc) is 2.65. The van der Waals surface area contributed by atoms with Crippen molar-refractivity contribution in [3.8, 4) is 6.07 Å². The van der Waals surface area contributed by atoms with Gasteiger partial charge in [0.25, 0.3) is 0 Å². The van der Waals surface area contributed by atoms with E-state index in [9.17, 15) is 0 Å². The van der Waals surface area contributed by atoms with Crippen molar-refractivity contribution in [2.75, 3.05) is 26.3 Å². The summed E-state index contributed by atoms with van der Waals surface area (Å²) in [6, 6.07) is 4.14. The topological polar surface area (TPSA) is 53.2 Å². The van der Waals surface area contributed by atoms with Gasteiger partial charge in [-0.1, -0.05) is 0 Å². The lowest BCUT2D eigenvalue weighted by molar-refractivity contribution is 0.0105. The zero-order valence-corrected chi connectivity index (χ0v) is 10.4. The first-order valence-electron chi connectivity index (χ1n) is 5.84. The lowest BCUT2D eigenvalue weighted by Crippen LogP contribution is -2.45. The van der Waals surface area contributed by atoms with Gasteiger partial charge in [0.05, 0.1) is 13.2 Å². The molecule has 1 aliphatic rings. The third-order valence-electron chi connectivity index (χ3n) is 3.26. The minimum Gasteiger partial charge on any atom is -0.379 e. The summed E-state index contributed by atoms with van der Waals surface area (Å²) >= 11 is 0. The molecule has 1 fully saturated rings. The lowest BCUT2D eigenvalue weighted by atomic mass is 10.2. The minimum absolute atomic E-state index is 0.710. The maximum atomic E-state index is 8.95. The molecule has 1 aliphatic heterocycles. The van der Waals surface area contributed by atoms with Crippen LogP contribution < -0.4 is 5.43 Å². The molecule has 0 radical (unpaired) electrons. The molecule has 1 aromatic heterocycles. The Kier molecular flexibility index (Phi) is 3.79. The van der Waals surface area contributed by atoms with Crippen molar-refractivity contribution in [2.45, 2.75) is 13.5 Å². The number of morpholine rings is 1. The Bertz CT molecular complexity index is 426. The van der Waals surface area contributed by atoms with Crippen LogP contribution in [0.4, 0.5) is 0 Å². The quantitative estimate of drug-likeness (QED) is 0.829. The van der Waals surface area contributed by atoms with Crippen LogP contribution in [0.2, 0.25) is 0 Å². The number of ether oxygens (including phenoxy) is 1. The molecule has 2 rings (SSSR count). The first-order chi connectivity index (χ1) is 8.22. The maximum Gasteiger partial charge on any atom is 0.120 e. The standard InChI is InChI=1S/C12H18N4O/c1-10-11(7-12(8-13)15(10)2)9-14-16-3-5-17-6-4-16/h7,14H,3-6,9H2,1-2H3. The molecular weight excluding hydrogens is 216 g/mol. The van der Waals surface area contributed by atoms with Gasteiger partial charge in [0, 0.05) is 32.4 Å². The number of aromatic nitrogens is 1. The Labute approximate surface area is 102 Å². The van der Waals surface area contributed by atoms with Gasteiger partial charge in [-0.05, 0) is 18.6 Å². The Balaban J connectivity index is 1.97. The molecule has 1 N–H and O–H groups in total. The molecule has 2 heterocycles. The zero-order chi connectivity index (χ0) is 12.3. The van der Waals surface area contributed by atoms with Crippen molar-refractivity contribution in [3.63, 3.8) is 0 Å². The zero-order valence-electron chi connectivity index (χ0n) is 10.4. The molecular formula is C12H18N4O. The highest BCUT2D eigenvalue weighted by Crippen LogP contribution is 2.13. The molecule has 0 unspecified atom stereocenters. The van der Waals surface area contributed by atoms with Crippen LogP contribution >= 0.6 is 0 Å². The van der Waals surface area contributed by atoms with Crippen LogP contribution in [0.15, 0.2) is 6.07 Å². The second kappa shape index (κ2) is 5.32. The van der Waals surface area contributed by atoms with Crippen LogP contribution in [0.3, 0.4) is 0 Å². The number of rotatable bonds is 3. The Hall–Kier alpha value is -1.35. The Morgan fingerprint density at radius 1 is 1.47 bits per heavy atom. The molecule has 17 heavy (non-hydrogen) atoms. The molecule has 0 bridgehead atoms. The molecule has 5 nitrogen and oxygen atoms in total. The predicted molar refractivity (Wildman–Crippen MR) is 64.1 cm³/mol. The number of nitrogens with zero attached hydrogens (tertiary/aromatic N) is 3. The van der Waals surface area contributed by atoms with Crippen LogP contribution in [0.25, 0.3) is 0 Å². The van der Waals surface area contributed by atoms with Crippen LogP contribution in [0.1, 0.15) is 17.0 Å². The summed E-state index contributed by atoms with van der Waals surface area (Å²) in [5.41, 5.74) is 6.40. The molecule has 0 aromatic carbocycles. The fraction of sp³-hybridized carbons (Fsp3) is 0.583. The van der Waals surface area contributed by atoms with E-state index >= 15 is 0 Å². The first-order valence-corrected chi connectivity index (χ1v) is 5.84. The Morgan fingerprint density at radius 3 is 2.76 bits per heavy atom. The normalized spacial score (nSPS) is 17.0. The van der Waals surface area contributed by atoms with Crippen LogP contribution in [-0.2, 0) is 18.3 Å². The van der Waals surface area contributed by atoms with Gasteiger partial charge in [0.1, 0.15) is 11.8 Å². The third kappa shape index (κ3) is 2.67. The highest BCUT2D eigenvalue weighted by Gasteiger charge is 2.12. The SMILES string of the molecule is Cc1c(CNN2CCOCC2)cc(C#N)n1C. The molecule has 0 saturated carbocycles. The second-order valence-corrected chi connectivity index (χ2v) is 4.25. The van der Waals surface area contributed by atoms with Gasteiger partial charge in [-0.3, -0.25) is 5.43 Å². The van der Waals surface area contributed by atoms with Crippen LogP contribution in [-0.4, -0.2) is 35.9 Å². The fourth-order valence-electron chi connectivity index (χ4n) is 1.97. The van der Waals surface area contributed by atoms with E-state index in [1.54, 1.807) is 0 Å². The lowest BCUT2D eigenvalue weighted by Gasteiger charge is -2.27. The molecule has 0 amide bonds. The summed E-state index contributed by atoms with van der Waals surface area (Å²) in [4.78, 5) is 0. The second-order valence-electron chi connectivity index (χ2n) is 4.25. The van der Waals surface area contributed by atoms with E-state index in [0.29, 0.717) is 5.69 Å². The van der Waals surface area contributed by atoms with E-state index in [1.807, 2.05) is 24.6 Å². The van der Waals surface area contributed by atoms with Crippen molar-refractivity contribution in [1.29, 1.82) is 5.26 Å². The van der Waals surface area contributed by atoms with Gasteiger partial charge in [-0.2, -0.15) is 5.26 Å². The van der Waals surface area contributed by atoms with Gasteiger partial charge in [-0.25, -0.2) is 5.01 Å². The average molecular weight is 234 g/mol. The predicted octanol–water partition coefficient (Wildman–Crippen LogP) is 0.542. The van der Waals surface area contributed by atoms with Crippen molar-refractivity contribution < 1.29 is 4.74 Å². The molecule has 1 saturated heterocycles. The molecule has 1 aromatic rings. The van der Waals surface area contributed by atoms with Crippen molar-refractivity contribution >= 4 is 0 Å². The van der Waals surface area contributed by atoms with E-state index in [-0.39, 0.29) is 0 Å². The van der Waals surface area contributed by atoms with E-state index in [0.717, 1.165) is 38.5 Å². The Morgan fingerprint density at radius 2 is 2.18 bits per heavy atom. The van der Waals surface area contributed by atoms with Gasteiger partial charge < -0.3 is 9.30 Å². The number of hydrogen-bond acceptors (Lipinski definition) is 4. The third-order valence-corrected chi connectivity index (χ3v) is 3.26. The van der Waals surface area contributed by atoms with Gasteiger partial charge >= 0.3 is 0 Å². The number of hydrazine groups is 1. The summed E-state index contributed by atoms with van der Waals surface area (Å²) in [6.45, 7) is 6.20. The van der Waals surface area contributed by atoms with E-state index in [4.69, 9.17) is 10.00 Å². The minimum atomic E-state index is 0.710. The highest BCUT2D eigenvalue weighted by atomic mass is 16.5. The molecule has 0 aliphatic carbocycles. The van der Waals surface area contributed by atoms with Crippen LogP contribution in [0.5, 0.6) is 0 Å². The van der Waals surface area contributed by atoms with Crippen LogP contribution in [0, 0.1) is 18.3 Å². The number of hydrogen-bond donors (Lipinski definition) is 1. The summed E-state index contributed by atoms with van der Waals surface area (Å²) in [5.74, 6) is 0. The monoisotopic (exact) mass is 234 g/mol. The summed E-state index contributed by atoms with van der Waals surface area (Å²) in [5, 5.41) is 11.1. The van der Waals surface area contributed by atoms with E-state index < -0.39 is 0 Å². The summed E-state index contributed by atoms with van der Waals surface area (Å²) in [6.07, 6.45) is 0. The number of nitrogens with one attached hydrogen (secondary N) is 1.